The molecule has 8 nitrogen and oxygen atoms in total. The molecule has 0 saturated carbocycles. The maximum absolute atomic E-state index is 12.2. The third-order valence-electron chi connectivity index (χ3n) is 9.52. The standard InChI is InChI=1S/C41H48O8Si/c1-28(2)18-20-32-35(49-50(40(3,4)5,30-14-10-8-11-15-30)31-16-12-9-13-17-31)25-37(43-6)38(39(32)44-7)33(42)26-41(47-22-23-48-41)29-19-21-34-36(24-29)46-27-45-34/h8-19,21,24-25,33,42H,20,22-23,26-27H2,1-7H3. The van der Waals surface area contributed by atoms with Crippen LogP contribution in [0.15, 0.2) is 96.6 Å². The number of hydrogen-bond acceptors (Lipinski definition) is 8. The summed E-state index contributed by atoms with van der Waals surface area (Å²) in [4.78, 5) is 0. The van der Waals surface area contributed by atoms with Gasteiger partial charge in [-0.25, -0.2) is 0 Å². The minimum Gasteiger partial charge on any atom is -0.534 e. The van der Waals surface area contributed by atoms with Gasteiger partial charge in [-0.15, -0.1) is 0 Å². The van der Waals surface area contributed by atoms with Gasteiger partial charge in [-0.3, -0.25) is 0 Å². The van der Waals surface area contributed by atoms with Gasteiger partial charge in [0, 0.05) is 23.6 Å². The smallest absolute Gasteiger partial charge is 0.319 e. The van der Waals surface area contributed by atoms with E-state index in [0.717, 1.165) is 27.1 Å². The van der Waals surface area contributed by atoms with Crippen LogP contribution in [0.4, 0.5) is 0 Å². The fraction of sp³-hybridized carbons (Fsp3) is 0.366. The van der Waals surface area contributed by atoms with Crippen LogP contribution in [0.1, 0.15) is 63.8 Å². The molecule has 6 rings (SSSR count). The predicted molar refractivity (Wildman–Crippen MR) is 197 cm³/mol. The fourth-order valence-corrected chi connectivity index (χ4v) is 11.6. The monoisotopic (exact) mass is 696 g/mol. The molecule has 1 saturated heterocycles. The molecule has 1 unspecified atom stereocenters. The Bertz CT molecular complexity index is 1770. The van der Waals surface area contributed by atoms with Crippen molar-refractivity contribution in [1.82, 2.24) is 0 Å². The van der Waals surface area contributed by atoms with Gasteiger partial charge in [0.05, 0.1) is 39.1 Å². The van der Waals surface area contributed by atoms with Crippen LogP contribution >= 0.6 is 0 Å². The lowest BCUT2D eigenvalue weighted by molar-refractivity contribution is -0.186. The summed E-state index contributed by atoms with van der Waals surface area (Å²) in [5.74, 6) is 1.65. The Kier molecular flexibility index (Phi) is 10.3. The normalized spacial score (nSPS) is 15.8. The first kappa shape index (κ1) is 35.5. The lowest BCUT2D eigenvalue weighted by atomic mass is 9.92. The molecule has 50 heavy (non-hydrogen) atoms. The van der Waals surface area contributed by atoms with E-state index in [1.165, 1.54) is 0 Å². The third kappa shape index (κ3) is 6.63. The summed E-state index contributed by atoms with van der Waals surface area (Å²) in [7, 11) is 0.181. The Hall–Kier alpha value is -4.28. The van der Waals surface area contributed by atoms with E-state index in [1.807, 2.05) is 36.4 Å². The van der Waals surface area contributed by atoms with E-state index in [0.29, 0.717) is 53.9 Å². The maximum atomic E-state index is 12.2. The van der Waals surface area contributed by atoms with Gasteiger partial charge in [0.1, 0.15) is 17.2 Å². The summed E-state index contributed by atoms with van der Waals surface area (Å²) >= 11 is 0. The number of rotatable bonds is 12. The molecule has 1 fully saturated rings. The first-order valence-corrected chi connectivity index (χ1v) is 19.0. The Morgan fingerprint density at radius 3 is 2.02 bits per heavy atom. The number of ether oxygens (including phenoxy) is 6. The average Bonchev–Trinajstić information content (AvgIpc) is 3.79. The molecule has 2 aliphatic heterocycles. The van der Waals surface area contributed by atoms with Crippen LogP contribution in [-0.4, -0.2) is 47.7 Å². The van der Waals surface area contributed by atoms with Crippen molar-refractivity contribution in [3.8, 4) is 28.7 Å². The summed E-state index contributed by atoms with van der Waals surface area (Å²) in [6.07, 6.45) is 1.64. The second-order valence-corrected chi connectivity index (χ2v) is 18.2. The lowest BCUT2D eigenvalue weighted by Crippen LogP contribution is -2.68. The zero-order valence-corrected chi connectivity index (χ0v) is 31.1. The van der Waals surface area contributed by atoms with Crippen molar-refractivity contribution in [3.05, 3.63) is 113 Å². The SMILES string of the molecule is COc1cc(O[Si](c2ccccc2)(c2ccccc2)C(C)(C)C)c(CC=C(C)C)c(OC)c1C(O)CC1(c2ccc3c(c2)OCO3)OCCO1. The molecular formula is C41H48O8Si. The van der Waals surface area contributed by atoms with Crippen molar-refractivity contribution in [2.45, 2.75) is 64.4 Å². The molecule has 0 amide bonds. The topological polar surface area (TPSA) is 84.8 Å². The van der Waals surface area contributed by atoms with Crippen LogP contribution in [0.5, 0.6) is 28.7 Å². The Morgan fingerprint density at radius 2 is 1.46 bits per heavy atom. The second-order valence-electron chi connectivity index (χ2n) is 14.0. The summed E-state index contributed by atoms with van der Waals surface area (Å²) in [6.45, 7) is 11.8. The van der Waals surface area contributed by atoms with E-state index in [2.05, 4.69) is 89.2 Å². The van der Waals surface area contributed by atoms with Gasteiger partial charge in [-0.2, -0.15) is 0 Å². The predicted octanol–water partition coefficient (Wildman–Crippen LogP) is 7.20. The van der Waals surface area contributed by atoms with E-state index in [4.69, 9.17) is 32.8 Å². The summed E-state index contributed by atoms with van der Waals surface area (Å²) in [6, 6.07) is 28.5. The third-order valence-corrected chi connectivity index (χ3v) is 14.5. The highest BCUT2D eigenvalue weighted by molar-refractivity contribution is 7.00. The van der Waals surface area contributed by atoms with Gasteiger partial charge in [0.2, 0.25) is 6.79 Å². The molecule has 2 aliphatic rings. The summed E-state index contributed by atoms with van der Waals surface area (Å²) in [5, 5.41) is 14.2. The van der Waals surface area contributed by atoms with Gasteiger partial charge in [0.25, 0.3) is 0 Å². The molecule has 1 N–H and O–H groups in total. The quantitative estimate of drug-likeness (QED) is 0.123. The lowest BCUT2D eigenvalue weighted by Gasteiger charge is -2.43. The van der Waals surface area contributed by atoms with Crippen LogP contribution in [0.3, 0.4) is 0 Å². The minimum atomic E-state index is -3.04. The molecule has 0 aliphatic carbocycles. The highest BCUT2D eigenvalue weighted by atomic mass is 28.4. The van der Waals surface area contributed by atoms with Crippen molar-refractivity contribution in [1.29, 1.82) is 0 Å². The van der Waals surface area contributed by atoms with Gasteiger partial charge in [-0.1, -0.05) is 93.1 Å². The summed E-state index contributed by atoms with van der Waals surface area (Å²) in [5.41, 5.74) is 3.20. The van der Waals surface area contributed by atoms with Crippen molar-refractivity contribution < 1.29 is 38.0 Å². The molecule has 2 heterocycles. The molecule has 9 heteroatoms. The minimum absolute atomic E-state index is 0.0797. The van der Waals surface area contributed by atoms with Crippen LogP contribution in [0.2, 0.25) is 5.04 Å². The van der Waals surface area contributed by atoms with E-state index >= 15 is 0 Å². The van der Waals surface area contributed by atoms with Gasteiger partial charge in [-0.05, 0) is 53.9 Å². The molecule has 1 atom stereocenters. The first-order valence-electron chi connectivity index (χ1n) is 17.1. The zero-order valence-electron chi connectivity index (χ0n) is 30.1. The van der Waals surface area contributed by atoms with Crippen LogP contribution in [0, 0.1) is 0 Å². The number of aliphatic hydroxyl groups is 1. The number of allylic oxidation sites excluding steroid dienone is 2. The number of methoxy groups -OCH3 is 2. The highest BCUT2D eigenvalue weighted by Gasteiger charge is 2.53. The maximum Gasteiger partial charge on any atom is 0.319 e. The van der Waals surface area contributed by atoms with Crippen LogP contribution in [-0.2, 0) is 21.7 Å². The Labute approximate surface area is 296 Å². The molecule has 0 aromatic heterocycles. The van der Waals surface area contributed by atoms with Crippen LogP contribution in [0.25, 0.3) is 0 Å². The Balaban J connectivity index is 1.51. The highest BCUT2D eigenvalue weighted by Crippen LogP contribution is 2.50. The molecule has 0 bridgehead atoms. The van der Waals surface area contributed by atoms with Crippen molar-refractivity contribution in [3.63, 3.8) is 0 Å². The molecule has 0 spiro atoms. The van der Waals surface area contributed by atoms with Crippen molar-refractivity contribution >= 4 is 18.7 Å². The number of benzene rings is 4. The largest absolute Gasteiger partial charge is 0.534 e. The molecular weight excluding hydrogens is 649 g/mol. The van der Waals surface area contributed by atoms with E-state index < -0.39 is 20.2 Å². The molecule has 264 valence electrons. The number of fused-ring (bicyclic) bond motifs is 1. The van der Waals surface area contributed by atoms with E-state index in [-0.39, 0.29) is 18.3 Å². The molecule has 0 radical (unpaired) electrons. The van der Waals surface area contributed by atoms with Gasteiger partial charge in [0.15, 0.2) is 17.3 Å². The number of hydrogen-bond donors (Lipinski definition) is 1. The molecule has 4 aromatic rings. The van der Waals surface area contributed by atoms with E-state index in [9.17, 15) is 5.11 Å². The van der Waals surface area contributed by atoms with Crippen molar-refractivity contribution in [2.24, 2.45) is 0 Å². The van der Waals surface area contributed by atoms with Gasteiger partial charge < -0.3 is 38.0 Å². The fourth-order valence-electron chi connectivity index (χ4n) is 7.14. The number of aliphatic hydroxyl groups excluding tert-OH is 1. The van der Waals surface area contributed by atoms with Crippen molar-refractivity contribution in [2.75, 3.05) is 34.2 Å². The average molecular weight is 697 g/mol. The second kappa shape index (κ2) is 14.5. The van der Waals surface area contributed by atoms with Crippen LogP contribution < -0.4 is 33.7 Å². The molecule has 4 aromatic carbocycles. The Morgan fingerprint density at radius 1 is 0.840 bits per heavy atom. The van der Waals surface area contributed by atoms with Gasteiger partial charge >= 0.3 is 8.32 Å². The summed E-state index contributed by atoms with van der Waals surface area (Å²) < 4.78 is 43.6. The van der Waals surface area contributed by atoms with E-state index in [1.54, 1.807) is 14.2 Å². The first-order chi connectivity index (χ1) is 24.0. The zero-order chi connectivity index (χ0) is 35.5.